The van der Waals surface area contributed by atoms with Crippen LogP contribution in [0.25, 0.3) is 11.4 Å². The number of para-hydroxylation sites is 1. The molecule has 0 radical (unpaired) electrons. The summed E-state index contributed by atoms with van der Waals surface area (Å²) in [5, 5.41) is 7.33. The van der Waals surface area contributed by atoms with Gasteiger partial charge in [-0.3, -0.25) is 14.4 Å². The van der Waals surface area contributed by atoms with Gasteiger partial charge in [0.25, 0.3) is 6.47 Å². The van der Waals surface area contributed by atoms with Crippen molar-refractivity contribution in [1.82, 2.24) is 15.6 Å². The SMILES string of the molecule is CCCCCNC.CCCOCCC(=O)NCCC(=O)N1Cc2ccccc2/C(N)=C(/N(N)CCOC=O)c2ccccc21. The fourth-order valence-corrected chi connectivity index (χ4v) is 4.70. The maximum atomic E-state index is 13.5. The second-order valence-electron chi connectivity index (χ2n) is 10.3. The largest absolute Gasteiger partial charge is 0.466 e. The van der Waals surface area contributed by atoms with E-state index in [2.05, 4.69) is 17.6 Å². The maximum absolute atomic E-state index is 13.5. The van der Waals surface area contributed by atoms with Gasteiger partial charge in [-0.2, -0.15) is 0 Å². The average Bonchev–Trinajstić information content (AvgIpc) is 3.02. The van der Waals surface area contributed by atoms with Crippen LogP contribution in [0.5, 0.6) is 0 Å². The highest BCUT2D eigenvalue weighted by atomic mass is 16.5. The number of unbranched alkanes of at least 4 members (excludes halogenated alkanes) is 2. The van der Waals surface area contributed by atoms with Crippen LogP contribution in [0.2, 0.25) is 0 Å². The molecule has 1 aliphatic rings. The first-order chi connectivity index (χ1) is 21.4. The Balaban J connectivity index is 0.000000860. The van der Waals surface area contributed by atoms with Gasteiger partial charge in [0.05, 0.1) is 36.8 Å². The Kier molecular flexibility index (Phi) is 17.2. The number of ether oxygens (including phenoxy) is 2. The number of nitrogens with zero attached hydrogens (tertiary/aromatic N) is 2. The third-order valence-electron chi connectivity index (χ3n) is 6.96. The molecule has 2 aromatic rings. The molecule has 242 valence electrons. The fourth-order valence-electron chi connectivity index (χ4n) is 4.70. The van der Waals surface area contributed by atoms with Crippen molar-refractivity contribution in [3.63, 3.8) is 0 Å². The van der Waals surface area contributed by atoms with Crippen molar-refractivity contribution in [3.05, 3.63) is 65.2 Å². The summed E-state index contributed by atoms with van der Waals surface area (Å²) in [5.74, 6) is 6.09. The van der Waals surface area contributed by atoms with E-state index in [-0.39, 0.29) is 44.4 Å². The molecule has 0 unspecified atom stereocenters. The minimum atomic E-state index is -0.156. The lowest BCUT2D eigenvalue weighted by Gasteiger charge is -2.33. The first kappa shape index (κ1) is 36.3. The first-order valence-electron chi connectivity index (χ1n) is 15.4. The molecule has 2 amide bonds. The molecule has 0 fully saturated rings. The van der Waals surface area contributed by atoms with Crippen molar-refractivity contribution in [1.29, 1.82) is 0 Å². The van der Waals surface area contributed by atoms with Crippen LogP contribution in [-0.2, 0) is 30.4 Å². The molecule has 1 heterocycles. The van der Waals surface area contributed by atoms with Crippen molar-refractivity contribution >= 4 is 35.4 Å². The monoisotopic (exact) mass is 610 g/mol. The summed E-state index contributed by atoms with van der Waals surface area (Å²) >= 11 is 0. The predicted molar refractivity (Wildman–Crippen MR) is 175 cm³/mol. The minimum Gasteiger partial charge on any atom is -0.466 e. The van der Waals surface area contributed by atoms with E-state index in [0.717, 1.165) is 17.5 Å². The molecule has 0 spiro atoms. The van der Waals surface area contributed by atoms with Crippen LogP contribution >= 0.6 is 0 Å². The Bertz CT molecular complexity index is 1200. The van der Waals surface area contributed by atoms with E-state index in [0.29, 0.717) is 48.9 Å². The summed E-state index contributed by atoms with van der Waals surface area (Å²) in [7, 11) is 2.00. The lowest BCUT2D eigenvalue weighted by Crippen LogP contribution is -2.38. The normalized spacial score (nSPS) is 13.8. The second-order valence-corrected chi connectivity index (χ2v) is 10.3. The van der Waals surface area contributed by atoms with Gasteiger partial charge in [0.15, 0.2) is 0 Å². The molecule has 11 nitrogen and oxygen atoms in total. The number of anilines is 1. The molecular formula is C33H50N6O5. The molecule has 0 aromatic heterocycles. The van der Waals surface area contributed by atoms with Crippen molar-refractivity contribution in [2.45, 2.75) is 58.9 Å². The Labute approximate surface area is 261 Å². The van der Waals surface area contributed by atoms with E-state index in [1.54, 1.807) is 4.90 Å². The number of hydrazine groups is 1. The van der Waals surface area contributed by atoms with Crippen LogP contribution in [0.15, 0.2) is 48.5 Å². The molecule has 0 atom stereocenters. The number of rotatable bonds is 17. The van der Waals surface area contributed by atoms with Gasteiger partial charge < -0.3 is 35.7 Å². The van der Waals surface area contributed by atoms with E-state index < -0.39 is 0 Å². The number of fused-ring (bicyclic) bond motifs is 2. The van der Waals surface area contributed by atoms with E-state index in [4.69, 9.17) is 21.1 Å². The second kappa shape index (κ2) is 20.9. The van der Waals surface area contributed by atoms with Crippen LogP contribution in [-0.4, -0.2) is 69.8 Å². The van der Waals surface area contributed by atoms with Gasteiger partial charge in [-0.25, -0.2) is 5.84 Å². The zero-order chi connectivity index (χ0) is 32.2. The van der Waals surface area contributed by atoms with Crippen LogP contribution in [0.1, 0.15) is 69.1 Å². The number of nitrogens with one attached hydrogen (secondary N) is 2. The lowest BCUT2D eigenvalue weighted by molar-refractivity contribution is -0.129. The molecule has 0 saturated carbocycles. The molecule has 2 aromatic carbocycles. The fraction of sp³-hybridized carbons (Fsp3) is 0.485. The van der Waals surface area contributed by atoms with E-state index in [1.807, 2.05) is 62.5 Å². The van der Waals surface area contributed by atoms with Crippen molar-refractivity contribution in [3.8, 4) is 0 Å². The number of carbonyl (C=O) groups is 3. The van der Waals surface area contributed by atoms with Gasteiger partial charge in [-0.15, -0.1) is 0 Å². The number of nitrogens with two attached hydrogens (primary N) is 2. The van der Waals surface area contributed by atoms with Crippen LogP contribution in [0.4, 0.5) is 5.69 Å². The quantitative estimate of drug-likeness (QED) is 0.0914. The number of amides is 2. The molecule has 0 saturated heterocycles. The summed E-state index contributed by atoms with van der Waals surface area (Å²) in [6, 6.07) is 15.0. The standard InChI is InChI=1S/C27H35N5O5.C6H15N/c1-2-15-36-16-12-24(34)30-13-11-25(35)31-18-20-7-3-4-8-21(20)26(28)27(32(29)14-17-37-19-33)22-9-5-6-10-23(22)31;1-3-4-5-6-7-2/h3-10,19H,2,11-18,28-29H2,1H3,(H,30,34);7H,3-6H2,1-2H3/b27-26-;. The van der Waals surface area contributed by atoms with Gasteiger partial charge in [0.2, 0.25) is 11.8 Å². The van der Waals surface area contributed by atoms with Crippen LogP contribution < -0.4 is 27.1 Å². The first-order valence-corrected chi connectivity index (χ1v) is 15.4. The van der Waals surface area contributed by atoms with E-state index in [9.17, 15) is 14.4 Å². The topological polar surface area (TPSA) is 152 Å². The third-order valence-corrected chi connectivity index (χ3v) is 6.96. The van der Waals surface area contributed by atoms with Gasteiger partial charge >= 0.3 is 0 Å². The summed E-state index contributed by atoms with van der Waals surface area (Å²) in [5.41, 5.74) is 10.6. The Morgan fingerprint density at radius 1 is 0.955 bits per heavy atom. The molecule has 44 heavy (non-hydrogen) atoms. The highest BCUT2D eigenvalue weighted by Gasteiger charge is 2.27. The lowest BCUT2D eigenvalue weighted by atomic mass is 9.95. The summed E-state index contributed by atoms with van der Waals surface area (Å²) in [6.45, 7) is 7.53. The Hall–Kier alpha value is -3.93. The minimum absolute atomic E-state index is 0.0758. The molecule has 0 aliphatic carbocycles. The van der Waals surface area contributed by atoms with E-state index >= 15 is 0 Å². The summed E-state index contributed by atoms with van der Waals surface area (Å²) in [6.07, 6.45) is 5.27. The number of benzene rings is 2. The molecule has 0 bridgehead atoms. The summed E-state index contributed by atoms with van der Waals surface area (Å²) in [4.78, 5) is 37.9. The van der Waals surface area contributed by atoms with Gasteiger partial charge in [0.1, 0.15) is 6.61 Å². The third kappa shape index (κ3) is 11.6. The molecule has 3 rings (SSSR count). The highest BCUT2D eigenvalue weighted by Crippen LogP contribution is 2.37. The zero-order valence-corrected chi connectivity index (χ0v) is 26.5. The van der Waals surface area contributed by atoms with Gasteiger partial charge in [0, 0.05) is 37.1 Å². The van der Waals surface area contributed by atoms with Crippen molar-refractivity contribution < 1.29 is 23.9 Å². The Morgan fingerprint density at radius 2 is 1.68 bits per heavy atom. The molecule has 6 N–H and O–H groups in total. The Morgan fingerprint density at radius 3 is 2.39 bits per heavy atom. The maximum Gasteiger partial charge on any atom is 0.293 e. The number of hydrogen-bond acceptors (Lipinski definition) is 9. The van der Waals surface area contributed by atoms with Crippen molar-refractivity contribution in [2.24, 2.45) is 11.6 Å². The smallest absolute Gasteiger partial charge is 0.293 e. The van der Waals surface area contributed by atoms with Crippen LogP contribution in [0, 0.1) is 0 Å². The molecule has 11 heteroatoms. The zero-order valence-electron chi connectivity index (χ0n) is 26.5. The predicted octanol–water partition coefficient (Wildman–Crippen LogP) is 3.39. The summed E-state index contributed by atoms with van der Waals surface area (Å²) < 4.78 is 10.2. The van der Waals surface area contributed by atoms with Crippen LogP contribution in [0.3, 0.4) is 0 Å². The number of carbonyl (C=O) groups excluding carboxylic acids is 3. The number of hydrogen-bond donors (Lipinski definition) is 4. The molecular weight excluding hydrogens is 560 g/mol. The highest BCUT2D eigenvalue weighted by molar-refractivity contribution is 6.01. The van der Waals surface area contributed by atoms with Crippen molar-refractivity contribution in [2.75, 3.05) is 51.4 Å². The van der Waals surface area contributed by atoms with Gasteiger partial charge in [-0.1, -0.05) is 69.2 Å². The van der Waals surface area contributed by atoms with Gasteiger partial charge in [-0.05, 0) is 38.1 Å². The van der Waals surface area contributed by atoms with E-state index in [1.165, 1.54) is 30.8 Å². The molecule has 1 aliphatic heterocycles. The average molecular weight is 611 g/mol.